The Morgan fingerprint density at radius 3 is 2.44 bits per heavy atom. The molecule has 0 spiro atoms. The van der Waals surface area contributed by atoms with Crippen LogP contribution < -0.4 is 4.90 Å². The molecule has 2 aromatic heterocycles. The summed E-state index contributed by atoms with van der Waals surface area (Å²) in [6.45, 7) is 4.88. The molecule has 208 valence electrons. The number of hydrogen-bond donors (Lipinski definition) is 0. The predicted molar refractivity (Wildman–Crippen MR) is 131 cm³/mol. The highest BCUT2D eigenvalue weighted by molar-refractivity contribution is 5.99. The molecule has 0 bridgehead atoms. The number of carbonyl (C=O) groups excluding carboxylic acids is 2. The number of amides is 2. The Morgan fingerprint density at radius 2 is 1.87 bits per heavy atom. The number of anilines is 1. The molecule has 1 aromatic carbocycles. The number of halogens is 4. The molecule has 0 aliphatic carbocycles. The van der Waals surface area contributed by atoms with E-state index in [1.165, 1.54) is 41.4 Å². The Morgan fingerprint density at radius 1 is 1.15 bits per heavy atom. The Balaban J connectivity index is 1.53. The summed E-state index contributed by atoms with van der Waals surface area (Å²) in [7, 11) is 0. The summed E-state index contributed by atoms with van der Waals surface area (Å²) in [6.07, 6.45) is -2.77. The number of piperidine rings is 1. The van der Waals surface area contributed by atoms with Gasteiger partial charge in [-0.25, -0.2) is 13.6 Å². The molecule has 3 aromatic rings. The van der Waals surface area contributed by atoms with Crippen LogP contribution in [0.1, 0.15) is 51.6 Å². The number of aromatic nitrogens is 3. The van der Waals surface area contributed by atoms with Crippen LogP contribution in [0.2, 0.25) is 0 Å². The Labute approximate surface area is 221 Å². The normalized spacial score (nSPS) is 15.3. The molecule has 13 heteroatoms. The molecule has 3 heterocycles. The molecule has 0 atom stereocenters. The van der Waals surface area contributed by atoms with Gasteiger partial charge in [-0.15, -0.1) is 10.2 Å². The van der Waals surface area contributed by atoms with Crippen molar-refractivity contribution in [3.05, 3.63) is 60.0 Å². The van der Waals surface area contributed by atoms with Crippen molar-refractivity contribution >= 4 is 17.7 Å². The van der Waals surface area contributed by atoms with Gasteiger partial charge in [0.2, 0.25) is 5.89 Å². The minimum atomic E-state index is -2.92. The third-order valence-corrected chi connectivity index (χ3v) is 5.98. The fraction of sp³-hybridized carbons (Fsp3) is 0.423. The van der Waals surface area contributed by atoms with Gasteiger partial charge in [0.25, 0.3) is 11.8 Å². The van der Waals surface area contributed by atoms with E-state index in [0.29, 0.717) is 5.69 Å². The molecule has 39 heavy (non-hydrogen) atoms. The molecule has 4 rings (SSSR count). The van der Waals surface area contributed by atoms with Gasteiger partial charge >= 0.3 is 12.5 Å². The molecular weight excluding hydrogens is 522 g/mol. The molecule has 1 saturated heterocycles. The van der Waals surface area contributed by atoms with E-state index in [-0.39, 0.29) is 49.6 Å². The highest BCUT2D eigenvalue weighted by Crippen LogP contribution is 2.33. The molecule has 1 aliphatic heterocycles. The molecule has 0 saturated carbocycles. The predicted octanol–water partition coefficient (Wildman–Crippen LogP) is 5.48. The zero-order valence-electron chi connectivity index (χ0n) is 21.5. The van der Waals surface area contributed by atoms with Crippen molar-refractivity contribution in [1.29, 1.82) is 0 Å². The average molecular weight is 550 g/mol. The number of ether oxygens (including phenoxy) is 1. The molecule has 0 N–H and O–H groups in total. The Hall–Kier alpha value is -4.03. The van der Waals surface area contributed by atoms with Crippen LogP contribution in [0.3, 0.4) is 0 Å². The number of hydrogen-bond acceptors (Lipinski definition) is 7. The van der Waals surface area contributed by atoms with Gasteiger partial charge in [-0.2, -0.15) is 8.78 Å². The Kier molecular flexibility index (Phi) is 7.89. The maximum atomic E-state index is 16.1. The standard InChI is InChI=1S/C26H27F4N5O4/c1-25(2,3)39-24(37)34-11-9-26(30,10-12-34)23(36)35(19-6-4-5-17(27)13-19)15-18-8-7-16(14-31-18)21-32-33-22(38-21)20(28)29/h4-8,13-14,20H,9-12,15H2,1-3H3. The first-order valence-electron chi connectivity index (χ1n) is 12.2. The lowest BCUT2D eigenvalue weighted by molar-refractivity contribution is -0.133. The number of alkyl halides is 3. The average Bonchev–Trinajstić information content (AvgIpc) is 3.37. The fourth-order valence-corrected chi connectivity index (χ4v) is 4.00. The van der Waals surface area contributed by atoms with Crippen LogP contribution in [0.25, 0.3) is 11.5 Å². The van der Waals surface area contributed by atoms with Crippen LogP contribution >= 0.6 is 0 Å². The van der Waals surface area contributed by atoms with Crippen molar-refractivity contribution in [2.45, 2.75) is 57.9 Å². The van der Waals surface area contributed by atoms with Gasteiger partial charge in [0.05, 0.1) is 17.8 Å². The van der Waals surface area contributed by atoms with Crippen molar-refractivity contribution < 1.29 is 36.3 Å². The number of rotatable bonds is 6. The summed E-state index contributed by atoms with van der Waals surface area (Å²) in [5.41, 5.74) is -2.35. The second-order valence-electron chi connectivity index (χ2n) is 10.1. The monoisotopic (exact) mass is 549 g/mol. The van der Waals surface area contributed by atoms with Gasteiger partial charge in [0, 0.05) is 37.8 Å². The minimum Gasteiger partial charge on any atom is -0.444 e. The van der Waals surface area contributed by atoms with Gasteiger partial charge in [-0.3, -0.25) is 9.78 Å². The lowest BCUT2D eigenvalue weighted by Gasteiger charge is -2.38. The van der Waals surface area contributed by atoms with Crippen molar-refractivity contribution in [2.24, 2.45) is 0 Å². The quantitative estimate of drug-likeness (QED) is 0.375. The lowest BCUT2D eigenvalue weighted by atomic mass is 9.91. The van der Waals surface area contributed by atoms with Crippen LogP contribution in [0.15, 0.2) is 47.0 Å². The zero-order chi connectivity index (χ0) is 28.4. The van der Waals surface area contributed by atoms with Crippen molar-refractivity contribution in [3.63, 3.8) is 0 Å². The molecule has 0 radical (unpaired) electrons. The van der Waals surface area contributed by atoms with Crippen molar-refractivity contribution in [1.82, 2.24) is 20.1 Å². The van der Waals surface area contributed by atoms with Gasteiger partial charge in [0.1, 0.15) is 11.4 Å². The van der Waals surface area contributed by atoms with Crippen LogP contribution in [0.5, 0.6) is 0 Å². The van der Waals surface area contributed by atoms with Crippen molar-refractivity contribution in [2.75, 3.05) is 18.0 Å². The van der Waals surface area contributed by atoms with E-state index in [1.807, 2.05) is 0 Å². The molecule has 1 fully saturated rings. The summed E-state index contributed by atoms with van der Waals surface area (Å²) in [6, 6.07) is 8.13. The van der Waals surface area contributed by atoms with E-state index >= 15 is 4.39 Å². The first-order chi connectivity index (χ1) is 18.3. The summed E-state index contributed by atoms with van der Waals surface area (Å²) < 4.78 is 65.9. The van der Waals surface area contributed by atoms with Crippen molar-refractivity contribution in [3.8, 4) is 11.5 Å². The molecule has 9 nitrogen and oxygen atoms in total. The van der Waals surface area contributed by atoms with Crippen LogP contribution in [0.4, 0.5) is 28.0 Å². The van der Waals surface area contributed by atoms with Crippen LogP contribution in [-0.4, -0.2) is 56.4 Å². The van der Waals surface area contributed by atoms with Crippen LogP contribution in [-0.2, 0) is 16.1 Å². The fourth-order valence-electron chi connectivity index (χ4n) is 4.00. The molecule has 0 unspecified atom stereocenters. The van der Waals surface area contributed by atoms with E-state index < -0.39 is 41.4 Å². The molecular formula is C26H27F4N5O4. The van der Waals surface area contributed by atoms with E-state index in [0.717, 1.165) is 11.0 Å². The first-order valence-corrected chi connectivity index (χ1v) is 12.2. The van der Waals surface area contributed by atoms with Gasteiger partial charge in [0.15, 0.2) is 5.67 Å². The van der Waals surface area contributed by atoms with Gasteiger partial charge < -0.3 is 19.0 Å². The summed E-state index contributed by atoms with van der Waals surface area (Å²) in [5.74, 6) is -2.52. The number of carbonyl (C=O) groups is 2. The number of likely N-dealkylation sites (tertiary alicyclic amines) is 1. The largest absolute Gasteiger partial charge is 0.444 e. The molecule has 1 aliphatic rings. The Bertz CT molecular complexity index is 1320. The van der Waals surface area contributed by atoms with E-state index in [4.69, 9.17) is 9.15 Å². The SMILES string of the molecule is CC(C)(C)OC(=O)N1CCC(F)(C(=O)N(Cc2ccc(-c3nnc(C(F)F)o3)cn2)c2cccc(F)c2)CC1. The topological polar surface area (TPSA) is 102 Å². The summed E-state index contributed by atoms with van der Waals surface area (Å²) in [5, 5.41) is 6.83. The van der Waals surface area contributed by atoms with E-state index in [2.05, 4.69) is 15.2 Å². The second kappa shape index (κ2) is 11.0. The zero-order valence-corrected chi connectivity index (χ0v) is 21.5. The van der Waals surface area contributed by atoms with E-state index in [1.54, 1.807) is 20.8 Å². The lowest BCUT2D eigenvalue weighted by Crippen LogP contribution is -2.54. The maximum Gasteiger partial charge on any atom is 0.410 e. The number of nitrogens with zero attached hydrogens (tertiary/aromatic N) is 5. The second-order valence-corrected chi connectivity index (χ2v) is 10.1. The third-order valence-electron chi connectivity index (χ3n) is 5.98. The minimum absolute atomic E-state index is 0.0358. The summed E-state index contributed by atoms with van der Waals surface area (Å²) >= 11 is 0. The molecule has 2 amide bonds. The highest BCUT2D eigenvalue weighted by Gasteiger charge is 2.46. The smallest absolute Gasteiger partial charge is 0.410 e. The number of pyridine rings is 1. The number of benzene rings is 1. The van der Waals surface area contributed by atoms with Gasteiger partial charge in [-0.1, -0.05) is 6.07 Å². The first kappa shape index (κ1) is 28.0. The van der Waals surface area contributed by atoms with E-state index in [9.17, 15) is 22.8 Å². The maximum absolute atomic E-state index is 16.1. The van der Waals surface area contributed by atoms with Gasteiger partial charge in [-0.05, 0) is 51.1 Å². The third kappa shape index (κ3) is 6.70. The van der Waals surface area contributed by atoms with Crippen LogP contribution in [0, 0.1) is 5.82 Å². The summed E-state index contributed by atoms with van der Waals surface area (Å²) in [4.78, 5) is 32.6. The highest BCUT2D eigenvalue weighted by atomic mass is 19.3.